The summed E-state index contributed by atoms with van der Waals surface area (Å²) < 4.78 is 0.898. The molecule has 0 atom stereocenters. The second-order valence-electron chi connectivity index (χ2n) is 3.12. The van der Waals surface area contributed by atoms with E-state index in [9.17, 15) is 9.59 Å². The van der Waals surface area contributed by atoms with Gasteiger partial charge in [-0.2, -0.15) is 0 Å². The van der Waals surface area contributed by atoms with E-state index in [0.717, 1.165) is 9.35 Å². The SMILES string of the molecule is Cc1cc(C(=O)N(C)CC(=O)O)sc1Br. The molecule has 0 aliphatic carbocycles. The van der Waals surface area contributed by atoms with Gasteiger partial charge in [0, 0.05) is 7.05 Å². The number of amides is 1. The van der Waals surface area contributed by atoms with Crippen LogP contribution in [0.25, 0.3) is 0 Å². The van der Waals surface area contributed by atoms with Crippen molar-refractivity contribution in [3.63, 3.8) is 0 Å². The van der Waals surface area contributed by atoms with Crippen molar-refractivity contribution in [3.05, 3.63) is 20.3 Å². The van der Waals surface area contributed by atoms with Crippen LogP contribution in [0.1, 0.15) is 15.2 Å². The Hall–Kier alpha value is -0.880. The van der Waals surface area contributed by atoms with Crippen molar-refractivity contribution in [2.45, 2.75) is 6.92 Å². The molecule has 1 amide bonds. The first-order chi connectivity index (χ1) is 6.91. The number of hydrogen-bond acceptors (Lipinski definition) is 3. The molecule has 0 radical (unpaired) electrons. The molecule has 1 heterocycles. The third-order valence-electron chi connectivity index (χ3n) is 1.79. The van der Waals surface area contributed by atoms with Gasteiger partial charge in [-0.15, -0.1) is 11.3 Å². The summed E-state index contributed by atoms with van der Waals surface area (Å²) in [5, 5.41) is 8.54. The van der Waals surface area contributed by atoms with Crippen molar-refractivity contribution in [1.29, 1.82) is 0 Å². The van der Waals surface area contributed by atoms with Gasteiger partial charge in [-0.3, -0.25) is 9.59 Å². The fraction of sp³-hybridized carbons (Fsp3) is 0.333. The van der Waals surface area contributed by atoms with Crippen LogP contribution in [0.3, 0.4) is 0 Å². The summed E-state index contributed by atoms with van der Waals surface area (Å²) in [7, 11) is 1.47. The van der Waals surface area contributed by atoms with Gasteiger partial charge in [0.25, 0.3) is 5.91 Å². The molecule has 15 heavy (non-hydrogen) atoms. The number of carboxylic acid groups (broad SMARTS) is 1. The number of carbonyl (C=O) groups is 2. The van der Waals surface area contributed by atoms with Crippen molar-refractivity contribution in [2.75, 3.05) is 13.6 Å². The molecular weight excluding hydrogens is 282 g/mol. The average molecular weight is 292 g/mol. The summed E-state index contributed by atoms with van der Waals surface area (Å²) in [5.74, 6) is -1.28. The molecular formula is C9H10BrNO3S. The molecule has 0 fully saturated rings. The maximum Gasteiger partial charge on any atom is 0.323 e. The van der Waals surface area contributed by atoms with Gasteiger partial charge in [0.2, 0.25) is 0 Å². The Labute approximate surface area is 99.6 Å². The first-order valence-electron chi connectivity index (χ1n) is 4.15. The van der Waals surface area contributed by atoms with E-state index in [-0.39, 0.29) is 12.5 Å². The quantitative estimate of drug-likeness (QED) is 0.926. The van der Waals surface area contributed by atoms with Crippen LogP contribution < -0.4 is 0 Å². The topological polar surface area (TPSA) is 57.6 Å². The zero-order valence-electron chi connectivity index (χ0n) is 8.28. The average Bonchev–Trinajstić information content (AvgIpc) is 2.44. The normalized spacial score (nSPS) is 10.1. The molecule has 0 aromatic carbocycles. The second kappa shape index (κ2) is 4.76. The van der Waals surface area contributed by atoms with Crippen LogP contribution in [0.2, 0.25) is 0 Å². The predicted molar refractivity (Wildman–Crippen MR) is 61.4 cm³/mol. The number of aryl methyl sites for hydroxylation is 1. The molecule has 0 unspecified atom stereocenters. The molecule has 1 aromatic rings. The first kappa shape index (κ1) is 12.2. The fourth-order valence-electron chi connectivity index (χ4n) is 1.03. The lowest BCUT2D eigenvalue weighted by atomic mass is 10.3. The predicted octanol–water partition coefficient (Wildman–Crippen LogP) is 1.98. The van der Waals surface area contributed by atoms with Crippen LogP contribution in [-0.4, -0.2) is 35.5 Å². The molecule has 0 saturated heterocycles. The Kier molecular flexibility index (Phi) is 3.87. The zero-order chi connectivity index (χ0) is 11.6. The molecule has 0 saturated carbocycles. The lowest BCUT2D eigenvalue weighted by Gasteiger charge is -2.12. The molecule has 4 nitrogen and oxygen atoms in total. The van der Waals surface area contributed by atoms with Gasteiger partial charge in [0.1, 0.15) is 6.54 Å². The Bertz CT molecular complexity index is 383. The molecule has 0 aliphatic heterocycles. The minimum atomic E-state index is -1.02. The van der Waals surface area contributed by atoms with Crippen molar-refractivity contribution in [2.24, 2.45) is 0 Å². The van der Waals surface area contributed by atoms with E-state index in [1.54, 1.807) is 6.07 Å². The number of hydrogen-bond donors (Lipinski definition) is 1. The van der Waals surface area contributed by atoms with Crippen molar-refractivity contribution < 1.29 is 14.7 Å². The number of thiophene rings is 1. The fourth-order valence-corrected chi connectivity index (χ4v) is 2.56. The number of nitrogens with zero attached hydrogens (tertiary/aromatic N) is 1. The second-order valence-corrected chi connectivity index (χ2v) is 5.49. The van der Waals surface area contributed by atoms with Crippen LogP contribution in [0.15, 0.2) is 9.85 Å². The molecule has 0 bridgehead atoms. The highest BCUT2D eigenvalue weighted by molar-refractivity contribution is 9.11. The van der Waals surface area contributed by atoms with Gasteiger partial charge < -0.3 is 10.0 Å². The van der Waals surface area contributed by atoms with Crippen LogP contribution in [0, 0.1) is 6.92 Å². The van der Waals surface area contributed by atoms with E-state index < -0.39 is 5.97 Å². The number of likely N-dealkylation sites (N-methyl/N-ethyl adjacent to an activating group) is 1. The summed E-state index contributed by atoms with van der Waals surface area (Å²) in [4.78, 5) is 23.8. The minimum absolute atomic E-state index is 0.267. The van der Waals surface area contributed by atoms with Gasteiger partial charge in [-0.05, 0) is 34.5 Å². The lowest BCUT2D eigenvalue weighted by Crippen LogP contribution is -2.31. The Morgan fingerprint density at radius 1 is 1.60 bits per heavy atom. The summed E-state index contributed by atoms with van der Waals surface area (Å²) in [6.45, 7) is 1.60. The monoisotopic (exact) mass is 291 g/mol. The summed E-state index contributed by atoms with van der Waals surface area (Å²) in [6.07, 6.45) is 0. The van der Waals surface area contributed by atoms with Crippen LogP contribution in [-0.2, 0) is 4.79 Å². The number of aliphatic carboxylic acids is 1. The number of halogens is 1. The number of carbonyl (C=O) groups excluding carboxylic acids is 1. The summed E-state index contributed by atoms with van der Waals surface area (Å²) in [5.41, 5.74) is 0.979. The Morgan fingerprint density at radius 2 is 2.20 bits per heavy atom. The highest BCUT2D eigenvalue weighted by Gasteiger charge is 2.17. The molecule has 6 heteroatoms. The third kappa shape index (κ3) is 3.04. The minimum Gasteiger partial charge on any atom is -0.480 e. The van der Waals surface area contributed by atoms with Gasteiger partial charge in [-0.1, -0.05) is 0 Å². The number of rotatable bonds is 3. The van der Waals surface area contributed by atoms with E-state index >= 15 is 0 Å². The van der Waals surface area contributed by atoms with E-state index in [0.29, 0.717) is 4.88 Å². The largest absolute Gasteiger partial charge is 0.480 e. The van der Waals surface area contributed by atoms with E-state index in [1.807, 2.05) is 6.92 Å². The third-order valence-corrected chi connectivity index (χ3v) is 3.91. The van der Waals surface area contributed by atoms with Crippen molar-refractivity contribution in [3.8, 4) is 0 Å². The van der Waals surface area contributed by atoms with Crippen LogP contribution in [0.4, 0.5) is 0 Å². The summed E-state index contributed by atoms with van der Waals surface area (Å²) in [6, 6.07) is 1.75. The van der Waals surface area contributed by atoms with Gasteiger partial charge in [0.15, 0.2) is 0 Å². The zero-order valence-corrected chi connectivity index (χ0v) is 10.7. The standard InChI is InChI=1S/C9H10BrNO3S/c1-5-3-6(15-8(5)10)9(14)11(2)4-7(12)13/h3H,4H2,1-2H3,(H,12,13). The van der Waals surface area contributed by atoms with Crippen molar-refractivity contribution in [1.82, 2.24) is 4.90 Å². The first-order valence-corrected chi connectivity index (χ1v) is 5.76. The molecule has 1 N–H and O–H groups in total. The molecule has 0 aliphatic rings. The number of carboxylic acids is 1. The Morgan fingerprint density at radius 3 is 2.60 bits per heavy atom. The highest BCUT2D eigenvalue weighted by atomic mass is 79.9. The van der Waals surface area contributed by atoms with Crippen LogP contribution in [0.5, 0.6) is 0 Å². The highest BCUT2D eigenvalue weighted by Crippen LogP contribution is 2.27. The Balaban J connectivity index is 2.80. The van der Waals surface area contributed by atoms with E-state index in [1.165, 1.54) is 23.3 Å². The van der Waals surface area contributed by atoms with E-state index in [2.05, 4.69) is 15.9 Å². The van der Waals surface area contributed by atoms with Gasteiger partial charge in [-0.25, -0.2) is 0 Å². The van der Waals surface area contributed by atoms with E-state index in [4.69, 9.17) is 5.11 Å². The smallest absolute Gasteiger partial charge is 0.323 e. The maximum atomic E-state index is 11.7. The lowest BCUT2D eigenvalue weighted by molar-refractivity contribution is -0.137. The maximum absolute atomic E-state index is 11.7. The van der Waals surface area contributed by atoms with Gasteiger partial charge in [0.05, 0.1) is 8.66 Å². The van der Waals surface area contributed by atoms with Crippen molar-refractivity contribution >= 4 is 39.1 Å². The molecule has 0 spiro atoms. The molecule has 1 rings (SSSR count). The summed E-state index contributed by atoms with van der Waals surface area (Å²) >= 11 is 4.63. The van der Waals surface area contributed by atoms with Crippen LogP contribution >= 0.6 is 27.3 Å². The molecule has 82 valence electrons. The molecule has 1 aromatic heterocycles. The van der Waals surface area contributed by atoms with Gasteiger partial charge >= 0.3 is 5.97 Å².